The molecule has 0 saturated heterocycles. The number of aliphatic carboxylic acids is 1. The molecular formula is C18H23N3O6. The van der Waals surface area contributed by atoms with Gasteiger partial charge in [0.05, 0.1) is 4.92 Å². The molecule has 9 heteroatoms. The van der Waals surface area contributed by atoms with E-state index in [2.05, 4.69) is 5.32 Å². The quantitative estimate of drug-likeness (QED) is 0.552. The third-order valence-electron chi connectivity index (χ3n) is 5.06. The molecule has 1 saturated carbocycles. The molecule has 2 N–H and O–H groups in total. The number of benzene rings is 1. The second kappa shape index (κ2) is 8.61. The molecule has 1 aromatic rings. The molecule has 0 heterocycles. The van der Waals surface area contributed by atoms with Crippen molar-refractivity contribution in [3.63, 3.8) is 0 Å². The number of nitro benzene ring substituents is 1. The lowest BCUT2D eigenvalue weighted by atomic mass is 9.80. The minimum absolute atomic E-state index is 0.0236. The van der Waals surface area contributed by atoms with Gasteiger partial charge in [-0.2, -0.15) is 0 Å². The van der Waals surface area contributed by atoms with Gasteiger partial charge in [-0.05, 0) is 25.0 Å². The Hall–Kier alpha value is -2.97. The zero-order valence-corrected chi connectivity index (χ0v) is 15.1. The number of hydrogen-bond acceptors (Lipinski definition) is 5. The molecule has 27 heavy (non-hydrogen) atoms. The average molecular weight is 377 g/mol. The number of nitro groups is 1. The van der Waals surface area contributed by atoms with Crippen LogP contribution in [0.15, 0.2) is 24.3 Å². The molecule has 2 rings (SSSR count). The third kappa shape index (κ3) is 4.60. The number of amides is 2. The first-order chi connectivity index (χ1) is 12.8. The van der Waals surface area contributed by atoms with Gasteiger partial charge in [-0.15, -0.1) is 0 Å². The van der Waals surface area contributed by atoms with E-state index >= 15 is 0 Å². The molecule has 9 nitrogen and oxygen atoms in total. The van der Waals surface area contributed by atoms with Gasteiger partial charge in [0.15, 0.2) is 0 Å². The minimum atomic E-state index is -1.17. The number of carboxylic acids is 1. The minimum Gasteiger partial charge on any atom is -0.479 e. The van der Waals surface area contributed by atoms with Gasteiger partial charge in [0.2, 0.25) is 5.91 Å². The summed E-state index contributed by atoms with van der Waals surface area (Å²) in [7, 11) is 1.50. The van der Waals surface area contributed by atoms with Gasteiger partial charge in [-0.1, -0.05) is 19.3 Å². The second-order valence-corrected chi connectivity index (χ2v) is 6.66. The molecule has 146 valence electrons. The summed E-state index contributed by atoms with van der Waals surface area (Å²) in [6.07, 6.45) is 3.33. The van der Waals surface area contributed by atoms with Crippen LogP contribution in [0.2, 0.25) is 0 Å². The van der Waals surface area contributed by atoms with Crippen LogP contribution in [-0.2, 0) is 9.59 Å². The van der Waals surface area contributed by atoms with E-state index in [0.29, 0.717) is 12.8 Å². The molecule has 0 atom stereocenters. The van der Waals surface area contributed by atoms with Crippen LogP contribution in [-0.4, -0.2) is 51.8 Å². The van der Waals surface area contributed by atoms with E-state index in [1.54, 1.807) is 0 Å². The van der Waals surface area contributed by atoms with Crippen molar-refractivity contribution in [3.05, 3.63) is 39.9 Å². The van der Waals surface area contributed by atoms with Gasteiger partial charge < -0.3 is 15.3 Å². The Morgan fingerprint density at radius 2 is 1.78 bits per heavy atom. The van der Waals surface area contributed by atoms with Crippen LogP contribution in [0.5, 0.6) is 0 Å². The first-order valence-electron chi connectivity index (χ1n) is 8.80. The van der Waals surface area contributed by atoms with Crippen molar-refractivity contribution < 1.29 is 24.4 Å². The summed E-state index contributed by atoms with van der Waals surface area (Å²) in [5.41, 5.74) is -1.04. The highest BCUT2D eigenvalue weighted by Gasteiger charge is 2.45. The largest absolute Gasteiger partial charge is 0.479 e. The Morgan fingerprint density at radius 3 is 2.30 bits per heavy atom. The van der Waals surface area contributed by atoms with Gasteiger partial charge in [0, 0.05) is 37.7 Å². The molecule has 1 aliphatic carbocycles. The van der Waals surface area contributed by atoms with Gasteiger partial charge in [-0.25, -0.2) is 4.79 Å². The zero-order chi connectivity index (χ0) is 20.0. The van der Waals surface area contributed by atoms with E-state index in [9.17, 15) is 29.6 Å². The SMILES string of the molecule is CN(C(=O)CCNC(=O)c1ccc([N+](=O)[O-])cc1)C1(C(=O)O)CCCCC1. The summed E-state index contributed by atoms with van der Waals surface area (Å²) >= 11 is 0. The Balaban J connectivity index is 1.90. The third-order valence-corrected chi connectivity index (χ3v) is 5.06. The highest BCUT2D eigenvalue weighted by Crippen LogP contribution is 2.33. The lowest BCUT2D eigenvalue weighted by Gasteiger charge is -2.41. The standard InChI is InChI=1S/C18H23N3O6/c1-20(18(17(24)25)10-3-2-4-11-18)15(22)9-12-19-16(23)13-5-7-14(8-6-13)21(26)27/h5-8H,2-4,9-12H2,1H3,(H,19,23)(H,24,25). The van der Waals surface area contributed by atoms with Crippen LogP contribution in [0.4, 0.5) is 5.69 Å². The predicted molar refractivity (Wildman–Crippen MR) is 96.3 cm³/mol. The molecule has 1 fully saturated rings. The highest BCUT2D eigenvalue weighted by molar-refractivity contribution is 5.94. The van der Waals surface area contributed by atoms with E-state index in [4.69, 9.17) is 0 Å². The maximum Gasteiger partial charge on any atom is 0.329 e. The number of carbonyl (C=O) groups is 3. The van der Waals surface area contributed by atoms with E-state index in [0.717, 1.165) is 19.3 Å². The van der Waals surface area contributed by atoms with Crippen LogP contribution >= 0.6 is 0 Å². The van der Waals surface area contributed by atoms with Crippen molar-refractivity contribution in [1.29, 1.82) is 0 Å². The predicted octanol–water partition coefficient (Wildman–Crippen LogP) is 1.96. The molecular weight excluding hydrogens is 354 g/mol. The van der Waals surface area contributed by atoms with Crippen molar-refractivity contribution in [2.75, 3.05) is 13.6 Å². The van der Waals surface area contributed by atoms with Gasteiger partial charge in [0.1, 0.15) is 5.54 Å². The smallest absolute Gasteiger partial charge is 0.329 e. The Bertz CT molecular complexity index is 725. The maximum absolute atomic E-state index is 12.4. The van der Waals surface area contributed by atoms with Crippen LogP contribution in [0.1, 0.15) is 48.9 Å². The first kappa shape index (κ1) is 20.3. The topological polar surface area (TPSA) is 130 Å². The normalized spacial score (nSPS) is 15.6. The lowest BCUT2D eigenvalue weighted by molar-refractivity contribution is -0.384. The summed E-state index contributed by atoms with van der Waals surface area (Å²) in [5.74, 6) is -1.79. The highest BCUT2D eigenvalue weighted by atomic mass is 16.6. The van der Waals surface area contributed by atoms with E-state index < -0.39 is 22.3 Å². The summed E-state index contributed by atoms with van der Waals surface area (Å²) in [5, 5.41) is 22.8. The Kier molecular flexibility index (Phi) is 6.49. The number of non-ortho nitro benzene ring substituents is 1. The van der Waals surface area contributed by atoms with Gasteiger partial charge >= 0.3 is 5.97 Å². The molecule has 0 bridgehead atoms. The summed E-state index contributed by atoms with van der Waals surface area (Å²) < 4.78 is 0. The molecule has 0 aromatic heterocycles. The Labute approximate surface area is 156 Å². The van der Waals surface area contributed by atoms with Crippen LogP contribution in [0.3, 0.4) is 0 Å². The summed E-state index contributed by atoms with van der Waals surface area (Å²) in [6, 6.07) is 5.13. The van der Waals surface area contributed by atoms with Crippen LogP contribution in [0, 0.1) is 10.1 Å². The number of hydrogen-bond donors (Lipinski definition) is 2. The van der Waals surface area contributed by atoms with E-state index in [1.807, 2.05) is 0 Å². The monoisotopic (exact) mass is 377 g/mol. The van der Waals surface area contributed by atoms with Crippen molar-refractivity contribution in [2.24, 2.45) is 0 Å². The van der Waals surface area contributed by atoms with E-state index in [-0.39, 0.29) is 30.1 Å². The molecule has 0 radical (unpaired) electrons. The lowest BCUT2D eigenvalue weighted by Crippen LogP contribution is -2.56. The average Bonchev–Trinajstić information content (AvgIpc) is 2.67. The molecule has 2 amide bonds. The van der Waals surface area contributed by atoms with Crippen LogP contribution < -0.4 is 5.32 Å². The van der Waals surface area contributed by atoms with Gasteiger partial charge in [-0.3, -0.25) is 19.7 Å². The van der Waals surface area contributed by atoms with Crippen molar-refractivity contribution in [1.82, 2.24) is 10.2 Å². The van der Waals surface area contributed by atoms with Crippen molar-refractivity contribution in [3.8, 4) is 0 Å². The number of likely N-dealkylation sites (N-methyl/N-ethyl adjacent to an activating group) is 1. The maximum atomic E-state index is 12.4. The number of carboxylic acid groups (broad SMARTS) is 1. The number of carbonyl (C=O) groups excluding carboxylic acids is 2. The van der Waals surface area contributed by atoms with E-state index in [1.165, 1.54) is 36.2 Å². The first-order valence-corrected chi connectivity index (χ1v) is 8.80. The van der Waals surface area contributed by atoms with Crippen LogP contribution in [0.25, 0.3) is 0 Å². The molecule has 1 aliphatic rings. The van der Waals surface area contributed by atoms with Gasteiger partial charge in [0.25, 0.3) is 11.6 Å². The number of nitrogens with zero attached hydrogens (tertiary/aromatic N) is 2. The fraction of sp³-hybridized carbons (Fsp3) is 0.500. The molecule has 0 spiro atoms. The summed E-state index contributed by atoms with van der Waals surface area (Å²) in [4.78, 5) is 47.6. The summed E-state index contributed by atoms with van der Waals surface area (Å²) in [6.45, 7) is 0.0503. The molecule has 1 aromatic carbocycles. The Morgan fingerprint density at radius 1 is 1.19 bits per heavy atom. The second-order valence-electron chi connectivity index (χ2n) is 6.66. The number of nitrogens with one attached hydrogen (secondary N) is 1. The number of rotatable bonds is 7. The fourth-order valence-corrected chi connectivity index (χ4v) is 3.36. The zero-order valence-electron chi connectivity index (χ0n) is 15.1. The van der Waals surface area contributed by atoms with Crippen molar-refractivity contribution >= 4 is 23.5 Å². The molecule has 0 aliphatic heterocycles. The van der Waals surface area contributed by atoms with Crippen molar-refractivity contribution in [2.45, 2.75) is 44.1 Å². The fourth-order valence-electron chi connectivity index (χ4n) is 3.36. The molecule has 0 unspecified atom stereocenters.